The molecule has 1 aliphatic heterocycles. The molecule has 0 bridgehead atoms. The third-order valence-corrected chi connectivity index (χ3v) is 5.40. The SMILES string of the molecule is Cc1ccc(N2C(=O)C(Cl)=C(NC3CCCCCC3)C2=O)cc1Cl. The van der Waals surface area contributed by atoms with Crippen LogP contribution < -0.4 is 10.2 Å². The van der Waals surface area contributed by atoms with Gasteiger partial charge in [0, 0.05) is 11.1 Å². The van der Waals surface area contributed by atoms with Gasteiger partial charge in [-0.2, -0.15) is 0 Å². The van der Waals surface area contributed by atoms with Crippen LogP contribution in [0.3, 0.4) is 0 Å². The number of hydrogen-bond acceptors (Lipinski definition) is 3. The molecular weight excluding hydrogens is 347 g/mol. The van der Waals surface area contributed by atoms with Crippen LogP contribution >= 0.6 is 23.2 Å². The van der Waals surface area contributed by atoms with E-state index in [9.17, 15) is 9.59 Å². The molecule has 1 fully saturated rings. The van der Waals surface area contributed by atoms with Gasteiger partial charge in [0.2, 0.25) is 0 Å². The Labute approximate surface area is 151 Å². The van der Waals surface area contributed by atoms with E-state index in [0.717, 1.165) is 36.1 Å². The van der Waals surface area contributed by atoms with Crippen molar-refractivity contribution >= 4 is 40.7 Å². The first-order chi connectivity index (χ1) is 11.5. The molecule has 0 spiro atoms. The van der Waals surface area contributed by atoms with Crippen molar-refractivity contribution in [1.82, 2.24) is 5.32 Å². The minimum absolute atomic E-state index is 0.0408. The highest BCUT2D eigenvalue weighted by molar-refractivity contribution is 6.52. The fourth-order valence-electron chi connectivity index (χ4n) is 3.21. The Morgan fingerprint density at radius 1 is 1.04 bits per heavy atom. The van der Waals surface area contributed by atoms with Crippen LogP contribution in [0.15, 0.2) is 28.9 Å². The molecule has 1 aromatic carbocycles. The number of carbonyl (C=O) groups is 2. The Hall–Kier alpha value is -1.52. The largest absolute Gasteiger partial charge is 0.376 e. The van der Waals surface area contributed by atoms with Crippen molar-refractivity contribution in [3.05, 3.63) is 39.5 Å². The van der Waals surface area contributed by atoms with Crippen LogP contribution in [0.5, 0.6) is 0 Å². The summed E-state index contributed by atoms with van der Waals surface area (Å²) in [6.07, 6.45) is 6.67. The number of halogens is 2. The van der Waals surface area contributed by atoms with Crippen LogP contribution in [0.2, 0.25) is 5.02 Å². The molecule has 1 N–H and O–H groups in total. The molecule has 6 heteroatoms. The fraction of sp³-hybridized carbons (Fsp3) is 0.444. The standard InChI is InChI=1S/C18H20Cl2N2O2/c1-11-8-9-13(10-14(11)19)22-17(23)15(20)16(18(22)24)21-12-6-4-2-3-5-7-12/h8-10,12,21H,2-7H2,1H3. The summed E-state index contributed by atoms with van der Waals surface area (Å²) in [7, 11) is 0. The van der Waals surface area contributed by atoms with Gasteiger partial charge in [-0.1, -0.05) is 55.0 Å². The average Bonchev–Trinajstić information content (AvgIpc) is 2.77. The number of anilines is 1. The monoisotopic (exact) mass is 366 g/mol. The third-order valence-electron chi connectivity index (χ3n) is 4.64. The molecule has 2 amide bonds. The summed E-state index contributed by atoms with van der Waals surface area (Å²) >= 11 is 12.3. The highest BCUT2D eigenvalue weighted by atomic mass is 35.5. The zero-order chi connectivity index (χ0) is 17.3. The summed E-state index contributed by atoms with van der Waals surface area (Å²) in [4.78, 5) is 26.3. The molecule has 128 valence electrons. The van der Waals surface area contributed by atoms with E-state index in [4.69, 9.17) is 23.2 Å². The maximum atomic E-state index is 12.7. The quantitative estimate of drug-likeness (QED) is 0.641. The summed E-state index contributed by atoms with van der Waals surface area (Å²) in [6, 6.07) is 5.29. The zero-order valence-electron chi connectivity index (χ0n) is 13.6. The number of amides is 2. The van der Waals surface area contributed by atoms with E-state index in [1.807, 2.05) is 6.92 Å². The first-order valence-electron chi connectivity index (χ1n) is 8.30. The van der Waals surface area contributed by atoms with Gasteiger partial charge in [-0.05, 0) is 37.5 Å². The molecule has 1 saturated carbocycles. The highest BCUT2D eigenvalue weighted by Crippen LogP contribution is 2.31. The second-order valence-electron chi connectivity index (χ2n) is 6.40. The summed E-state index contributed by atoms with van der Waals surface area (Å²) < 4.78 is 0. The summed E-state index contributed by atoms with van der Waals surface area (Å²) in [5, 5.41) is 3.68. The first kappa shape index (κ1) is 17.3. The molecular formula is C18H20Cl2N2O2. The molecule has 24 heavy (non-hydrogen) atoms. The molecule has 2 aliphatic rings. The maximum absolute atomic E-state index is 12.7. The molecule has 0 unspecified atom stereocenters. The molecule has 3 rings (SSSR count). The summed E-state index contributed by atoms with van der Waals surface area (Å²) in [5.74, 6) is -0.910. The molecule has 1 aliphatic carbocycles. The lowest BCUT2D eigenvalue weighted by molar-refractivity contribution is -0.120. The van der Waals surface area contributed by atoms with Gasteiger partial charge in [0.25, 0.3) is 11.8 Å². The Morgan fingerprint density at radius 3 is 2.33 bits per heavy atom. The van der Waals surface area contributed by atoms with E-state index in [-0.39, 0.29) is 16.8 Å². The number of nitrogens with one attached hydrogen (secondary N) is 1. The van der Waals surface area contributed by atoms with Crippen molar-refractivity contribution in [2.24, 2.45) is 0 Å². The average molecular weight is 367 g/mol. The predicted molar refractivity (Wildman–Crippen MR) is 96.2 cm³/mol. The van der Waals surface area contributed by atoms with Crippen molar-refractivity contribution in [2.45, 2.75) is 51.5 Å². The van der Waals surface area contributed by atoms with Crippen LogP contribution in [0, 0.1) is 6.92 Å². The lowest BCUT2D eigenvalue weighted by Crippen LogP contribution is -2.36. The topological polar surface area (TPSA) is 49.4 Å². The Bertz CT molecular complexity index is 707. The minimum Gasteiger partial charge on any atom is -0.376 e. The van der Waals surface area contributed by atoms with Crippen molar-refractivity contribution in [3.63, 3.8) is 0 Å². The van der Waals surface area contributed by atoms with E-state index in [0.29, 0.717) is 10.7 Å². The van der Waals surface area contributed by atoms with Crippen LogP contribution in [0.1, 0.15) is 44.1 Å². The Kier molecular flexibility index (Phi) is 5.16. The first-order valence-corrected chi connectivity index (χ1v) is 9.06. The second kappa shape index (κ2) is 7.16. The minimum atomic E-state index is -0.502. The second-order valence-corrected chi connectivity index (χ2v) is 7.19. The molecule has 0 saturated heterocycles. The van der Waals surface area contributed by atoms with Gasteiger partial charge in [0.05, 0.1) is 5.69 Å². The molecule has 4 nitrogen and oxygen atoms in total. The fourth-order valence-corrected chi connectivity index (χ4v) is 3.61. The molecule has 0 radical (unpaired) electrons. The van der Waals surface area contributed by atoms with Gasteiger partial charge in [0.1, 0.15) is 10.7 Å². The Morgan fingerprint density at radius 2 is 1.71 bits per heavy atom. The molecule has 0 aromatic heterocycles. The molecule has 1 aromatic rings. The van der Waals surface area contributed by atoms with E-state index in [1.165, 1.54) is 12.8 Å². The van der Waals surface area contributed by atoms with E-state index >= 15 is 0 Å². The van der Waals surface area contributed by atoms with E-state index in [2.05, 4.69) is 5.32 Å². The zero-order valence-corrected chi connectivity index (χ0v) is 15.1. The lowest BCUT2D eigenvalue weighted by atomic mass is 10.1. The number of benzene rings is 1. The normalized spacial score (nSPS) is 19.9. The van der Waals surface area contributed by atoms with E-state index < -0.39 is 11.8 Å². The maximum Gasteiger partial charge on any atom is 0.283 e. The summed E-state index contributed by atoms with van der Waals surface area (Å²) in [6.45, 7) is 1.87. The van der Waals surface area contributed by atoms with Crippen molar-refractivity contribution < 1.29 is 9.59 Å². The lowest BCUT2D eigenvalue weighted by Gasteiger charge is -2.19. The number of nitrogens with zero attached hydrogens (tertiary/aromatic N) is 1. The predicted octanol–water partition coefficient (Wildman–Crippen LogP) is 4.28. The highest BCUT2D eigenvalue weighted by Gasteiger charge is 2.39. The van der Waals surface area contributed by atoms with Gasteiger partial charge >= 0.3 is 0 Å². The van der Waals surface area contributed by atoms with Gasteiger partial charge in [-0.3, -0.25) is 9.59 Å². The number of rotatable bonds is 3. The van der Waals surface area contributed by atoms with Gasteiger partial charge in [-0.15, -0.1) is 0 Å². The number of aryl methyl sites for hydroxylation is 1. The molecule has 0 atom stereocenters. The third kappa shape index (κ3) is 3.31. The van der Waals surface area contributed by atoms with Gasteiger partial charge in [-0.25, -0.2) is 4.90 Å². The van der Waals surface area contributed by atoms with Crippen molar-refractivity contribution in [3.8, 4) is 0 Å². The number of carbonyl (C=O) groups excluding carboxylic acids is 2. The van der Waals surface area contributed by atoms with Crippen LogP contribution in [-0.4, -0.2) is 17.9 Å². The number of hydrogen-bond donors (Lipinski definition) is 1. The van der Waals surface area contributed by atoms with Gasteiger partial charge < -0.3 is 5.32 Å². The van der Waals surface area contributed by atoms with Gasteiger partial charge in [0.15, 0.2) is 0 Å². The van der Waals surface area contributed by atoms with Crippen LogP contribution in [-0.2, 0) is 9.59 Å². The van der Waals surface area contributed by atoms with Crippen LogP contribution in [0.4, 0.5) is 5.69 Å². The van der Waals surface area contributed by atoms with Crippen molar-refractivity contribution in [2.75, 3.05) is 4.90 Å². The van der Waals surface area contributed by atoms with E-state index in [1.54, 1.807) is 18.2 Å². The number of imide groups is 1. The van der Waals surface area contributed by atoms with Crippen LogP contribution in [0.25, 0.3) is 0 Å². The van der Waals surface area contributed by atoms with Crippen molar-refractivity contribution in [1.29, 1.82) is 0 Å². The smallest absolute Gasteiger partial charge is 0.283 e. The molecule has 1 heterocycles. The Balaban J connectivity index is 1.82. The summed E-state index contributed by atoms with van der Waals surface area (Å²) in [5.41, 5.74) is 1.54.